The number of nitro groups is 1. The van der Waals surface area contributed by atoms with Crippen molar-refractivity contribution < 1.29 is 13.3 Å². The van der Waals surface area contributed by atoms with Crippen LogP contribution in [0.3, 0.4) is 0 Å². The third-order valence-corrected chi connectivity index (χ3v) is 6.25. The van der Waals surface area contributed by atoms with Gasteiger partial charge in [-0.25, -0.2) is 8.42 Å². The Morgan fingerprint density at radius 2 is 1.52 bits per heavy atom. The summed E-state index contributed by atoms with van der Waals surface area (Å²) in [6, 6.07) is 16.1. The number of rotatable bonds is 6. The Kier molecular flexibility index (Phi) is 6.96. The second kappa shape index (κ2) is 9.48. The van der Waals surface area contributed by atoms with Gasteiger partial charge in [-0.05, 0) is 60.7 Å². The van der Waals surface area contributed by atoms with Crippen molar-refractivity contribution in [1.29, 1.82) is 0 Å². The number of non-ortho nitro benzene ring substituents is 1. The molecule has 0 amide bonds. The van der Waals surface area contributed by atoms with E-state index in [1.807, 2.05) is 0 Å². The highest BCUT2D eigenvalue weighted by molar-refractivity contribution is 7.92. The second-order valence-electron chi connectivity index (χ2n) is 6.15. The molecule has 31 heavy (non-hydrogen) atoms. The fraction of sp³-hybridized carbons (Fsp3) is 0. The molecule has 0 saturated carbocycles. The highest BCUT2D eigenvalue weighted by Gasteiger charge is 2.15. The summed E-state index contributed by atoms with van der Waals surface area (Å²) in [5, 5.41) is 17.3. The molecule has 3 N–H and O–H groups in total. The first kappa shape index (κ1) is 22.8. The number of sulfonamides is 1. The number of thiocarbonyl (C=S) groups is 1. The number of hydrogen-bond acceptors (Lipinski definition) is 5. The SMILES string of the molecule is O=[N+]([O-])c1cccc(NC(=S)Nc2ccc(S(=O)(=O)Nc3ccc(Cl)c(Cl)c3)cc2)c1. The molecule has 0 aromatic heterocycles. The third kappa shape index (κ3) is 6.05. The molecule has 0 atom stereocenters. The van der Waals surface area contributed by atoms with Crippen molar-refractivity contribution in [1.82, 2.24) is 0 Å². The molecule has 3 aromatic rings. The molecule has 3 rings (SSSR count). The van der Waals surface area contributed by atoms with E-state index in [1.165, 1.54) is 60.7 Å². The quantitative estimate of drug-likeness (QED) is 0.234. The van der Waals surface area contributed by atoms with Crippen LogP contribution in [0.4, 0.5) is 22.7 Å². The summed E-state index contributed by atoms with van der Waals surface area (Å²) in [6.07, 6.45) is 0. The van der Waals surface area contributed by atoms with Crippen LogP contribution >= 0.6 is 35.4 Å². The molecular weight excluding hydrogens is 483 g/mol. The van der Waals surface area contributed by atoms with E-state index in [0.29, 0.717) is 16.4 Å². The molecule has 0 unspecified atom stereocenters. The van der Waals surface area contributed by atoms with Crippen molar-refractivity contribution in [3.63, 3.8) is 0 Å². The Morgan fingerprint density at radius 3 is 2.16 bits per heavy atom. The summed E-state index contributed by atoms with van der Waals surface area (Å²) in [6.45, 7) is 0. The maximum absolute atomic E-state index is 12.6. The summed E-state index contributed by atoms with van der Waals surface area (Å²) in [5.41, 5.74) is 1.17. The van der Waals surface area contributed by atoms with Crippen LogP contribution in [0.2, 0.25) is 10.0 Å². The van der Waals surface area contributed by atoms with Gasteiger partial charge in [-0.2, -0.15) is 0 Å². The highest BCUT2D eigenvalue weighted by Crippen LogP contribution is 2.27. The van der Waals surface area contributed by atoms with Gasteiger partial charge in [0.1, 0.15) is 0 Å². The Bertz CT molecular complexity index is 1250. The zero-order valence-electron chi connectivity index (χ0n) is 15.5. The molecule has 0 fully saturated rings. The number of nitro benzene ring substituents is 1. The van der Waals surface area contributed by atoms with E-state index >= 15 is 0 Å². The monoisotopic (exact) mass is 496 g/mol. The summed E-state index contributed by atoms with van der Waals surface area (Å²) < 4.78 is 27.5. The molecule has 3 aromatic carbocycles. The van der Waals surface area contributed by atoms with Crippen molar-refractivity contribution in [3.05, 3.63) is 86.9 Å². The fourth-order valence-corrected chi connectivity index (χ4v) is 4.07. The average Bonchev–Trinajstić information content (AvgIpc) is 2.71. The third-order valence-electron chi connectivity index (χ3n) is 3.91. The van der Waals surface area contributed by atoms with Crippen LogP contribution in [-0.4, -0.2) is 18.5 Å². The van der Waals surface area contributed by atoms with Gasteiger partial charge in [-0.3, -0.25) is 14.8 Å². The van der Waals surface area contributed by atoms with Crippen LogP contribution in [0.1, 0.15) is 0 Å². The Labute approximate surface area is 193 Å². The largest absolute Gasteiger partial charge is 0.332 e. The lowest BCUT2D eigenvalue weighted by Crippen LogP contribution is -2.19. The minimum absolute atomic E-state index is 0.0293. The maximum Gasteiger partial charge on any atom is 0.271 e. The van der Waals surface area contributed by atoms with E-state index in [4.69, 9.17) is 35.4 Å². The lowest BCUT2D eigenvalue weighted by Gasteiger charge is -2.12. The molecule has 8 nitrogen and oxygen atoms in total. The fourth-order valence-electron chi connectivity index (χ4n) is 2.48. The van der Waals surface area contributed by atoms with Crippen molar-refractivity contribution in [3.8, 4) is 0 Å². The van der Waals surface area contributed by atoms with E-state index in [0.717, 1.165) is 0 Å². The first-order valence-corrected chi connectivity index (χ1v) is 11.2. The van der Waals surface area contributed by atoms with Gasteiger partial charge in [0.25, 0.3) is 15.7 Å². The van der Waals surface area contributed by atoms with Gasteiger partial charge in [0.15, 0.2) is 5.11 Å². The number of nitrogens with zero attached hydrogens (tertiary/aromatic N) is 1. The van der Waals surface area contributed by atoms with E-state index < -0.39 is 14.9 Å². The molecule has 0 aliphatic rings. The number of hydrogen-bond donors (Lipinski definition) is 3. The summed E-state index contributed by atoms with van der Waals surface area (Å²) in [7, 11) is -3.84. The molecule has 0 radical (unpaired) electrons. The van der Waals surface area contributed by atoms with Gasteiger partial charge >= 0.3 is 0 Å². The van der Waals surface area contributed by atoms with Gasteiger partial charge in [-0.1, -0.05) is 29.3 Å². The molecule has 0 aliphatic carbocycles. The smallest absolute Gasteiger partial charge is 0.271 e. The maximum atomic E-state index is 12.6. The number of nitrogens with one attached hydrogen (secondary N) is 3. The van der Waals surface area contributed by atoms with E-state index in [1.54, 1.807) is 6.07 Å². The van der Waals surface area contributed by atoms with Crippen molar-refractivity contribution in [2.24, 2.45) is 0 Å². The van der Waals surface area contributed by atoms with Gasteiger partial charge in [0, 0.05) is 23.5 Å². The summed E-state index contributed by atoms with van der Waals surface area (Å²) in [5.74, 6) is 0. The number of anilines is 3. The predicted octanol–water partition coefficient (Wildman–Crippen LogP) is 5.51. The molecule has 160 valence electrons. The van der Waals surface area contributed by atoms with Gasteiger partial charge in [0.05, 0.1) is 25.6 Å². The molecule has 0 saturated heterocycles. The Morgan fingerprint density at radius 1 is 0.871 bits per heavy atom. The predicted molar refractivity (Wildman–Crippen MR) is 127 cm³/mol. The molecule has 0 spiro atoms. The van der Waals surface area contributed by atoms with Crippen LogP contribution in [0, 0.1) is 10.1 Å². The number of halogens is 2. The average molecular weight is 497 g/mol. The lowest BCUT2D eigenvalue weighted by molar-refractivity contribution is -0.384. The van der Waals surface area contributed by atoms with Crippen LogP contribution in [0.15, 0.2) is 71.6 Å². The minimum atomic E-state index is -3.84. The summed E-state index contributed by atoms with van der Waals surface area (Å²) >= 11 is 16.9. The zero-order chi connectivity index (χ0) is 22.6. The van der Waals surface area contributed by atoms with Crippen molar-refractivity contribution in [2.45, 2.75) is 4.90 Å². The van der Waals surface area contributed by atoms with E-state index in [2.05, 4.69) is 15.4 Å². The first-order valence-electron chi connectivity index (χ1n) is 8.54. The van der Waals surface area contributed by atoms with E-state index in [-0.39, 0.29) is 26.4 Å². The highest BCUT2D eigenvalue weighted by atomic mass is 35.5. The van der Waals surface area contributed by atoms with Crippen LogP contribution < -0.4 is 15.4 Å². The van der Waals surface area contributed by atoms with Gasteiger partial charge < -0.3 is 10.6 Å². The lowest BCUT2D eigenvalue weighted by atomic mass is 10.3. The standard InChI is InChI=1S/C19H14Cl2N4O4S2/c20-17-9-6-14(11-18(17)21)24-31(28,29)16-7-4-12(5-8-16)22-19(30)23-13-2-1-3-15(10-13)25(26)27/h1-11,24H,(H2,22,23,30). The molecule has 12 heteroatoms. The molecule has 0 bridgehead atoms. The summed E-state index contributed by atoms with van der Waals surface area (Å²) in [4.78, 5) is 10.4. The topological polar surface area (TPSA) is 113 Å². The van der Waals surface area contributed by atoms with E-state index in [9.17, 15) is 18.5 Å². The normalized spacial score (nSPS) is 10.9. The Balaban J connectivity index is 1.66. The van der Waals surface area contributed by atoms with Gasteiger partial charge in [0.2, 0.25) is 0 Å². The molecule has 0 aliphatic heterocycles. The minimum Gasteiger partial charge on any atom is -0.332 e. The molecular formula is C19H14Cl2N4O4S2. The van der Waals surface area contributed by atoms with Crippen molar-refractivity contribution in [2.75, 3.05) is 15.4 Å². The number of benzene rings is 3. The Hall–Kier alpha value is -2.92. The zero-order valence-corrected chi connectivity index (χ0v) is 18.6. The second-order valence-corrected chi connectivity index (χ2v) is 9.05. The van der Waals surface area contributed by atoms with Crippen LogP contribution in [0.5, 0.6) is 0 Å². The van der Waals surface area contributed by atoms with Crippen LogP contribution in [-0.2, 0) is 10.0 Å². The van der Waals surface area contributed by atoms with Crippen molar-refractivity contribution >= 4 is 73.3 Å². The van der Waals surface area contributed by atoms with Gasteiger partial charge in [-0.15, -0.1) is 0 Å². The molecule has 0 heterocycles. The van der Waals surface area contributed by atoms with Crippen LogP contribution in [0.25, 0.3) is 0 Å². The first-order chi connectivity index (χ1) is 14.6.